The highest BCUT2D eigenvalue weighted by Gasteiger charge is 2.34. The van der Waals surface area contributed by atoms with Crippen molar-refractivity contribution in [3.8, 4) is 23.0 Å². The molecule has 0 atom stereocenters. The van der Waals surface area contributed by atoms with Gasteiger partial charge in [0.2, 0.25) is 0 Å². The summed E-state index contributed by atoms with van der Waals surface area (Å²) in [6.07, 6.45) is 3.07. The Kier molecular flexibility index (Phi) is 20.4. The largest absolute Gasteiger partial charge is 0.457 e. The predicted molar refractivity (Wildman–Crippen MR) is 293 cm³/mol. The summed E-state index contributed by atoms with van der Waals surface area (Å²) in [6, 6.07) is 27.9. The first-order valence-electron chi connectivity index (χ1n) is 23.6. The topological polar surface area (TPSA) is 234 Å². The normalized spacial score (nSPS) is 10.8. The molecule has 0 unspecified atom stereocenters. The van der Waals surface area contributed by atoms with Gasteiger partial charge in [0.1, 0.15) is 45.6 Å². The van der Waals surface area contributed by atoms with Crippen LogP contribution in [0.5, 0.6) is 23.0 Å². The summed E-state index contributed by atoms with van der Waals surface area (Å²) >= 11 is 12.5. The van der Waals surface area contributed by atoms with Gasteiger partial charge in [-0.2, -0.15) is 4.90 Å². The number of imide groups is 1. The van der Waals surface area contributed by atoms with Crippen molar-refractivity contribution in [3.05, 3.63) is 161 Å². The third-order valence-electron chi connectivity index (χ3n) is 9.87. The van der Waals surface area contributed by atoms with Crippen LogP contribution in [0.15, 0.2) is 134 Å². The number of nitrogens with zero attached hydrogens (tertiary/aromatic N) is 3. The van der Waals surface area contributed by atoms with Crippen LogP contribution in [0, 0.1) is 0 Å². The van der Waals surface area contributed by atoms with Gasteiger partial charge in [0.25, 0.3) is 0 Å². The molecule has 2 heterocycles. The predicted octanol–water partition coefficient (Wildman–Crippen LogP) is 14.5. The first kappa shape index (κ1) is 58.3. The highest BCUT2D eigenvalue weighted by atomic mass is 35.5. The number of pyridine rings is 2. The number of carbonyl (C=O) groups is 7. The molecule has 0 radical (unpaired) electrons. The van der Waals surface area contributed by atoms with Crippen molar-refractivity contribution in [3.63, 3.8) is 0 Å². The van der Waals surface area contributed by atoms with Crippen molar-refractivity contribution in [2.75, 3.05) is 26.2 Å². The van der Waals surface area contributed by atoms with Crippen LogP contribution in [0.25, 0.3) is 0 Å². The summed E-state index contributed by atoms with van der Waals surface area (Å²) in [5.74, 6) is 1.65. The second kappa shape index (κ2) is 26.6. The number of Topliss-reactive ketones (excluding diaryl/α,β-unsaturated/α-hetero) is 2. The van der Waals surface area contributed by atoms with Crippen LogP contribution < -0.4 is 35.6 Å². The van der Waals surface area contributed by atoms with Crippen molar-refractivity contribution >= 4 is 93.2 Å². The zero-order chi connectivity index (χ0) is 55.7. The second-order valence-electron chi connectivity index (χ2n) is 18.3. The first-order chi connectivity index (χ1) is 35.9. The Bertz CT molecular complexity index is 3070. The Hall–Kier alpha value is -8.61. The number of hydrogen-bond acceptors (Lipinski definition) is 13. The van der Waals surface area contributed by atoms with Gasteiger partial charge in [-0.25, -0.2) is 19.2 Å². The van der Waals surface area contributed by atoms with Gasteiger partial charge in [0.05, 0.1) is 10.7 Å². The summed E-state index contributed by atoms with van der Waals surface area (Å²) in [6.45, 7) is 16.9. The Labute approximate surface area is 450 Å². The highest BCUT2D eigenvalue weighted by Crippen LogP contribution is 2.33. The molecule has 0 spiro atoms. The lowest BCUT2D eigenvalue weighted by molar-refractivity contribution is -0.114. The van der Waals surface area contributed by atoms with Crippen LogP contribution in [0.2, 0.25) is 10.0 Å². The fraction of sp³-hybridized carbons (Fsp3) is 0.232. The molecular weight excluding hydrogens is 1020 g/mol. The minimum atomic E-state index is -0.993. The molecule has 4 N–H and O–H groups in total. The van der Waals surface area contributed by atoms with E-state index >= 15 is 0 Å². The third kappa shape index (κ3) is 18.4. The Balaban J connectivity index is 0.000000290. The average Bonchev–Trinajstić information content (AvgIpc) is 3.36. The van der Waals surface area contributed by atoms with Gasteiger partial charge in [-0.1, -0.05) is 43.6 Å². The van der Waals surface area contributed by atoms with Crippen LogP contribution in [0.4, 0.5) is 47.6 Å². The molecule has 0 fully saturated rings. The number of aromatic nitrogens is 2. The van der Waals surface area contributed by atoms with Gasteiger partial charge in [0.15, 0.2) is 17.3 Å². The maximum Gasteiger partial charge on any atom is 0.424 e. The number of anilines is 5. The number of amides is 6. The van der Waals surface area contributed by atoms with Crippen LogP contribution in [0.1, 0.15) is 94.8 Å². The number of carbonyl (C=O) groups excluding carboxylic acids is 7. The van der Waals surface area contributed by atoms with E-state index < -0.39 is 35.5 Å². The number of ketones is 3. The van der Waals surface area contributed by atoms with Gasteiger partial charge in [-0.05, 0) is 150 Å². The molecular formula is C56H57Cl2N7O11. The molecule has 6 amide bonds. The SMILES string of the molecule is C=CC(=O)Cc1cc(NC(=O)Nc2ccc(Oc3ccnc(C(=O)CC)c3)cc2)ccc1Cl.CCC(=O)c1cc(Oc2ccc(NC(=O)Nc3ccc(Cl)c(N(C(=O)OC(C)(C)C)C(=O)OC(C)(C)C)c3)cc2)ccn1. The van der Waals surface area contributed by atoms with Gasteiger partial charge >= 0.3 is 24.2 Å². The van der Waals surface area contributed by atoms with Gasteiger partial charge in [-0.15, -0.1) is 0 Å². The molecule has 0 bridgehead atoms. The third-order valence-corrected chi connectivity index (χ3v) is 10.6. The molecule has 0 aliphatic rings. The Morgan fingerprint density at radius 2 is 0.934 bits per heavy atom. The zero-order valence-electron chi connectivity index (χ0n) is 43.0. The standard InChI is InChI=1S/C31H35ClN4O7.C25H22ClN3O4/c1-8-26(37)24-18-22(15-16-33-24)41-21-12-9-19(10-13-21)34-27(38)35-20-11-14-23(32)25(17-20)36(28(39)42-30(2,3)4)29(40)43-31(5,6)7;1-3-19(30)14-16-13-18(7-10-22(16)26)29-25(32)28-17-5-8-20(9-6-17)33-21-11-12-27-23(15-21)24(31)4-2/h9-18H,8H2,1-7H3,(H2,34,35,38);3,5-13,15H,1,4,14H2,2H3,(H2,28,29,32). The van der Waals surface area contributed by atoms with Gasteiger partial charge in [-0.3, -0.25) is 24.4 Å². The number of allylic oxidation sites excluding steroid dienone is 1. The van der Waals surface area contributed by atoms with E-state index in [9.17, 15) is 33.6 Å². The number of urea groups is 2. The van der Waals surface area contributed by atoms with Gasteiger partial charge < -0.3 is 40.2 Å². The van der Waals surface area contributed by atoms with Crippen molar-refractivity contribution in [1.82, 2.24) is 9.97 Å². The van der Waals surface area contributed by atoms with E-state index in [1.165, 1.54) is 36.7 Å². The Morgan fingerprint density at radius 1 is 0.539 bits per heavy atom. The van der Waals surface area contributed by atoms with Crippen LogP contribution in [-0.2, 0) is 20.7 Å². The molecule has 76 heavy (non-hydrogen) atoms. The Morgan fingerprint density at radius 3 is 1.34 bits per heavy atom. The molecule has 396 valence electrons. The first-order valence-corrected chi connectivity index (χ1v) is 24.4. The fourth-order valence-electron chi connectivity index (χ4n) is 6.38. The average molecular weight is 1080 g/mol. The van der Waals surface area contributed by atoms with E-state index in [0.29, 0.717) is 79.8 Å². The van der Waals surface area contributed by atoms with E-state index in [0.717, 1.165) is 0 Å². The van der Waals surface area contributed by atoms with E-state index in [-0.39, 0.29) is 40.2 Å². The molecule has 0 saturated carbocycles. The number of halogens is 2. The van der Waals surface area contributed by atoms with E-state index in [1.54, 1.807) is 146 Å². The van der Waals surface area contributed by atoms with Crippen LogP contribution >= 0.6 is 23.2 Å². The molecule has 0 aliphatic carbocycles. The van der Waals surface area contributed by atoms with Crippen molar-refractivity contribution < 1.29 is 52.5 Å². The molecule has 6 rings (SSSR count). The number of ether oxygens (including phenoxy) is 4. The summed E-state index contributed by atoms with van der Waals surface area (Å²) < 4.78 is 22.4. The van der Waals surface area contributed by atoms with Crippen molar-refractivity contribution in [2.24, 2.45) is 0 Å². The van der Waals surface area contributed by atoms with E-state index in [1.807, 2.05) is 0 Å². The van der Waals surface area contributed by atoms with Gasteiger partial charge in [0, 0.05) is 71.6 Å². The molecule has 4 aromatic carbocycles. The number of benzene rings is 4. The smallest absolute Gasteiger partial charge is 0.424 e. The quantitative estimate of drug-likeness (QED) is 0.0522. The van der Waals surface area contributed by atoms with Crippen LogP contribution in [-0.4, -0.2) is 62.8 Å². The summed E-state index contributed by atoms with van der Waals surface area (Å²) in [5, 5.41) is 11.3. The molecule has 18 nitrogen and oxygen atoms in total. The maximum atomic E-state index is 13.0. The molecule has 20 heteroatoms. The minimum Gasteiger partial charge on any atom is -0.457 e. The van der Waals surface area contributed by atoms with Crippen LogP contribution in [0.3, 0.4) is 0 Å². The minimum absolute atomic E-state index is 0.0376. The van der Waals surface area contributed by atoms with Crippen molar-refractivity contribution in [1.29, 1.82) is 0 Å². The summed E-state index contributed by atoms with van der Waals surface area (Å²) in [5.41, 5.74) is 1.16. The van der Waals surface area contributed by atoms with E-state index in [2.05, 4.69) is 37.8 Å². The number of rotatable bonds is 16. The lowest BCUT2D eigenvalue weighted by Crippen LogP contribution is -2.44. The fourth-order valence-corrected chi connectivity index (χ4v) is 6.77. The summed E-state index contributed by atoms with van der Waals surface area (Å²) in [7, 11) is 0. The summed E-state index contributed by atoms with van der Waals surface area (Å²) in [4.78, 5) is 95.3. The zero-order valence-corrected chi connectivity index (χ0v) is 44.6. The molecule has 6 aromatic rings. The lowest BCUT2D eigenvalue weighted by atomic mass is 10.1. The number of hydrogen-bond donors (Lipinski definition) is 4. The van der Waals surface area contributed by atoms with Crippen molar-refractivity contribution in [2.45, 2.75) is 85.9 Å². The molecule has 0 saturated heterocycles. The number of nitrogens with one attached hydrogen (secondary N) is 4. The maximum absolute atomic E-state index is 13.0. The molecule has 0 aliphatic heterocycles. The van der Waals surface area contributed by atoms with E-state index in [4.69, 9.17) is 42.1 Å². The molecule has 2 aromatic heterocycles. The monoisotopic (exact) mass is 1070 g/mol. The lowest BCUT2D eigenvalue weighted by Gasteiger charge is -2.29. The highest BCUT2D eigenvalue weighted by molar-refractivity contribution is 6.35. The second-order valence-corrected chi connectivity index (χ2v) is 19.1.